The standard InChI is InChI=1S/C19H30N4O/c1-15-8-7-9-16(12-15)13-20-19(21-14-18(24)23(2)3)22-17-10-5-4-6-11-17/h7-9,12,17H,4-6,10-11,13-14H2,1-3H3,(H2,20,21,22). The molecule has 0 aliphatic heterocycles. The number of hydrogen-bond acceptors (Lipinski definition) is 2. The first-order valence-corrected chi connectivity index (χ1v) is 8.85. The monoisotopic (exact) mass is 330 g/mol. The number of nitrogens with zero attached hydrogens (tertiary/aromatic N) is 2. The van der Waals surface area contributed by atoms with Crippen molar-refractivity contribution in [2.75, 3.05) is 20.6 Å². The van der Waals surface area contributed by atoms with E-state index in [4.69, 9.17) is 0 Å². The van der Waals surface area contributed by atoms with Crippen LogP contribution < -0.4 is 10.6 Å². The summed E-state index contributed by atoms with van der Waals surface area (Å²) in [5.74, 6) is 0.780. The molecule has 2 N–H and O–H groups in total. The summed E-state index contributed by atoms with van der Waals surface area (Å²) in [6.07, 6.45) is 6.19. The Morgan fingerprint density at radius 3 is 2.67 bits per heavy atom. The maximum atomic E-state index is 11.8. The molecule has 0 unspecified atom stereocenters. The Labute approximate surface area is 145 Å². The minimum absolute atomic E-state index is 0.0451. The molecule has 1 saturated carbocycles. The van der Waals surface area contributed by atoms with Crippen molar-refractivity contribution in [1.29, 1.82) is 0 Å². The molecule has 0 atom stereocenters. The number of benzene rings is 1. The molecule has 0 heterocycles. The van der Waals surface area contributed by atoms with Gasteiger partial charge in [0, 0.05) is 20.1 Å². The van der Waals surface area contributed by atoms with E-state index in [2.05, 4.69) is 46.8 Å². The second kappa shape index (κ2) is 9.30. The van der Waals surface area contributed by atoms with Gasteiger partial charge in [-0.25, -0.2) is 4.99 Å². The van der Waals surface area contributed by atoms with Crippen LogP contribution in [-0.2, 0) is 11.3 Å². The van der Waals surface area contributed by atoms with Gasteiger partial charge >= 0.3 is 0 Å². The molecule has 0 radical (unpaired) electrons. The first-order chi connectivity index (χ1) is 11.5. The summed E-state index contributed by atoms with van der Waals surface area (Å²) in [4.78, 5) is 18.1. The molecule has 1 aliphatic rings. The molecule has 0 bridgehead atoms. The van der Waals surface area contributed by atoms with Crippen molar-refractivity contribution in [1.82, 2.24) is 15.5 Å². The molecule has 1 aromatic carbocycles. The number of aliphatic imine (C=N–C) groups is 1. The minimum Gasteiger partial charge on any atom is -0.354 e. The van der Waals surface area contributed by atoms with E-state index in [0.29, 0.717) is 12.6 Å². The summed E-state index contributed by atoms with van der Waals surface area (Å²) < 4.78 is 0. The topological polar surface area (TPSA) is 56.7 Å². The van der Waals surface area contributed by atoms with Crippen molar-refractivity contribution in [3.05, 3.63) is 35.4 Å². The average Bonchev–Trinajstić information content (AvgIpc) is 2.58. The lowest BCUT2D eigenvalue weighted by molar-refractivity contribution is -0.127. The number of nitrogens with one attached hydrogen (secondary N) is 2. The van der Waals surface area contributed by atoms with E-state index in [0.717, 1.165) is 5.96 Å². The average molecular weight is 330 g/mol. The van der Waals surface area contributed by atoms with Crippen molar-refractivity contribution >= 4 is 11.9 Å². The third kappa shape index (κ3) is 6.22. The fourth-order valence-electron chi connectivity index (χ4n) is 2.89. The molecule has 1 fully saturated rings. The second-order valence-electron chi connectivity index (χ2n) is 6.77. The van der Waals surface area contributed by atoms with E-state index in [1.165, 1.54) is 43.2 Å². The van der Waals surface area contributed by atoms with Crippen LogP contribution in [0, 0.1) is 6.92 Å². The summed E-state index contributed by atoms with van der Waals surface area (Å²) in [6, 6.07) is 8.82. The molecule has 5 nitrogen and oxygen atoms in total. The van der Waals surface area contributed by atoms with Crippen molar-refractivity contribution in [2.45, 2.75) is 51.6 Å². The quantitative estimate of drug-likeness (QED) is 0.644. The third-order valence-electron chi connectivity index (χ3n) is 4.35. The van der Waals surface area contributed by atoms with Gasteiger partial charge in [0.15, 0.2) is 5.96 Å². The van der Waals surface area contributed by atoms with Gasteiger partial charge in [0.2, 0.25) is 5.91 Å². The van der Waals surface area contributed by atoms with Crippen molar-refractivity contribution in [3.8, 4) is 0 Å². The van der Waals surface area contributed by atoms with Gasteiger partial charge in [-0.2, -0.15) is 0 Å². The van der Waals surface area contributed by atoms with E-state index in [1.807, 2.05) is 0 Å². The first-order valence-electron chi connectivity index (χ1n) is 8.85. The Kier molecular flexibility index (Phi) is 7.09. The summed E-state index contributed by atoms with van der Waals surface area (Å²) in [5.41, 5.74) is 2.42. The maximum absolute atomic E-state index is 11.8. The van der Waals surface area contributed by atoms with E-state index in [1.54, 1.807) is 19.0 Å². The fraction of sp³-hybridized carbons (Fsp3) is 0.579. The molecule has 1 aliphatic carbocycles. The van der Waals surface area contributed by atoms with Crippen LogP contribution in [-0.4, -0.2) is 43.4 Å². The minimum atomic E-state index is 0.0451. The van der Waals surface area contributed by atoms with Crippen LogP contribution >= 0.6 is 0 Å². The number of carbonyl (C=O) groups excluding carboxylic acids is 1. The maximum Gasteiger partial charge on any atom is 0.241 e. The van der Waals surface area contributed by atoms with Crippen LogP contribution in [0.2, 0.25) is 0 Å². The lowest BCUT2D eigenvalue weighted by Gasteiger charge is -2.25. The molecule has 5 heteroatoms. The van der Waals surface area contributed by atoms with Gasteiger partial charge in [0.05, 0.1) is 13.1 Å². The zero-order valence-corrected chi connectivity index (χ0v) is 15.1. The van der Waals surface area contributed by atoms with Gasteiger partial charge < -0.3 is 15.5 Å². The Bertz CT molecular complexity index is 562. The van der Waals surface area contributed by atoms with Crippen molar-refractivity contribution in [3.63, 3.8) is 0 Å². The zero-order valence-electron chi connectivity index (χ0n) is 15.1. The fourth-order valence-corrected chi connectivity index (χ4v) is 2.89. The van der Waals surface area contributed by atoms with E-state index in [-0.39, 0.29) is 12.5 Å². The zero-order chi connectivity index (χ0) is 17.4. The predicted octanol–water partition coefficient (Wildman–Crippen LogP) is 2.45. The van der Waals surface area contributed by atoms with E-state index < -0.39 is 0 Å². The van der Waals surface area contributed by atoms with Gasteiger partial charge in [-0.05, 0) is 25.3 Å². The number of likely N-dealkylation sites (N-methyl/N-ethyl adjacent to an activating group) is 1. The van der Waals surface area contributed by atoms with Gasteiger partial charge in [-0.1, -0.05) is 49.1 Å². The summed E-state index contributed by atoms with van der Waals surface area (Å²) >= 11 is 0. The Morgan fingerprint density at radius 2 is 2.00 bits per heavy atom. The number of rotatable bonds is 5. The lowest BCUT2D eigenvalue weighted by atomic mass is 9.96. The van der Waals surface area contributed by atoms with Crippen LogP contribution in [0.3, 0.4) is 0 Å². The van der Waals surface area contributed by atoms with Crippen LogP contribution in [0.5, 0.6) is 0 Å². The molecular formula is C19H30N4O. The number of carbonyl (C=O) groups is 1. The molecule has 0 spiro atoms. The molecule has 1 amide bonds. The largest absolute Gasteiger partial charge is 0.354 e. The number of aryl methyl sites for hydroxylation is 1. The highest BCUT2D eigenvalue weighted by Gasteiger charge is 2.15. The smallest absolute Gasteiger partial charge is 0.241 e. The van der Waals surface area contributed by atoms with Crippen LogP contribution in [0.4, 0.5) is 0 Å². The van der Waals surface area contributed by atoms with E-state index in [9.17, 15) is 4.79 Å². The van der Waals surface area contributed by atoms with Gasteiger partial charge in [-0.15, -0.1) is 0 Å². The highest BCUT2D eigenvalue weighted by atomic mass is 16.2. The molecular weight excluding hydrogens is 300 g/mol. The molecule has 132 valence electrons. The Hall–Kier alpha value is -2.04. The van der Waals surface area contributed by atoms with Crippen molar-refractivity contribution < 1.29 is 4.79 Å². The van der Waals surface area contributed by atoms with Crippen LogP contribution in [0.15, 0.2) is 29.3 Å². The highest BCUT2D eigenvalue weighted by Crippen LogP contribution is 2.17. The number of amides is 1. The van der Waals surface area contributed by atoms with Crippen LogP contribution in [0.25, 0.3) is 0 Å². The lowest BCUT2D eigenvalue weighted by Crippen LogP contribution is -2.47. The summed E-state index contributed by atoms with van der Waals surface area (Å²) in [7, 11) is 3.53. The second-order valence-corrected chi connectivity index (χ2v) is 6.77. The summed E-state index contributed by atoms with van der Waals surface area (Å²) in [6.45, 7) is 2.96. The normalized spacial score (nSPS) is 15.9. The molecule has 1 aromatic rings. The molecule has 2 rings (SSSR count). The number of hydrogen-bond donors (Lipinski definition) is 2. The van der Waals surface area contributed by atoms with Gasteiger partial charge in [0.25, 0.3) is 0 Å². The SMILES string of the molecule is Cc1cccc(CN=C(NCC(=O)N(C)C)NC2CCCCC2)c1. The molecule has 24 heavy (non-hydrogen) atoms. The van der Waals surface area contributed by atoms with E-state index >= 15 is 0 Å². The van der Waals surface area contributed by atoms with Crippen molar-refractivity contribution in [2.24, 2.45) is 4.99 Å². The summed E-state index contributed by atoms with van der Waals surface area (Å²) in [5, 5.41) is 6.68. The third-order valence-corrected chi connectivity index (χ3v) is 4.35. The highest BCUT2D eigenvalue weighted by molar-refractivity contribution is 5.86. The van der Waals surface area contributed by atoms with Gasteiger partial charge in [-0.3, -0.25) is 4.79 Å². The molecule has 0 aromatic heterocycles. The number of guanidine groups is 1. The predicted molar refractivity (Wildman–Crippen MR) is 99.0 cm³/mol. The first kappa shape index (κ1) is 18.3. The van der Waals surface area contributed by atoms with Gasteiger partial charge in [0.1, 0.15) is 0 Å². The Balaban J connectivity index is 1.99. The molecule has 0 saturated heterocycles. The van der Waals surface area contributed by atoms with Crippen LogP contribution in [0.1, 0.15) is 43.2 Å². The Morgan fingerprint density at radius 1 is 1.25 bits per heavy atom.